The molecule has 2 rings (SSSR count). The van der Waals surface area contributed by atoms with Crippen molar-refractivity contribution in [1.82, 2.24) is 0 Å². The summed E-state index contributed by atoms with van der Waals surface area (Å²) in [5, 5.41) is 1.37. The van der Waals surface area contributed by atoms with Crippen LogP contribution in [-0.4, -0.2) is 9.76 Å². The second-order valence-corrected chi connectivity index (χ2v) is 3.08. The molecule has 0 bridgehead atoms. The standard InChI is InChI=1S/C7H6OSi/c1-2-4-7-6(3-1)5-8-9-7/h1-4H,5H2. The molecule has 0 saturated carbocycles. The van der Waals surface area contributed by atoms with Gasteiger partial charge in [-0.3, -0.25) is 0 Å². The van der Waals surface area contributed by atoms with Crippen molar-refractivity contribution in [1.29, 1.82) is 0 Å². The van der Waals surface area contributed by atoms with Crippen molar-refractivity contribution >= 4 is 14.9 Å². The zero-order valence-electron chi connectivity index (χ0n) is 4.92. The maximum Gasteiger partial charge on any atom is 0.269 e. The summed E-state index contributed by atoms with van der Waals surface area (Å²) in [4.78, 5) is 0. The van der Waals surface area contributed by atoms with Crippen molar-refractivity contribution in [2.75, 3.05) is 0 Å². The summed E-state index contributed by atoms with van der Waals surface area (Å²) in [5.74, 6) is 0. The number of rotatable bonds is 0. The smallest absolute Gasteiger partial charge is 0.269 e. The predicted molar refractivity (Wildman–Crippen MR) is 36.6 cm³/mol. The average molecular weight is 134 g/mol. The molecule has 2 heteroatoms. The molecule has 1 nitrogen and oxygen atoms in total. The van der Waals surface area contributed by atoms with Crippen molar-refractivity contribution in [3.63, 3.8) is 0 Å². The fourth-order valence-corrected chi connectivity index (χ4v) is 1.77. The Morgan fingerprint density at radius 1 is 1.33 bits per heavy atom. The van der Waals surface area contributed by atoms with E-state index in [0.29, 0.717) is 9.76 Å². The van der Waals surface area contributed by atoms with E-state index in [-0.39, 0.29) is 0 Å². The summed E-state index contributed by atoms with van der Waals surface area (Å²) in [5.41, 5.74) is 1.36. The number of hydrogen-bond donors (Lipinski definition) is 0. The Labute approximate surface area is 56.6 Å². The molecule has 44 valence electrons. The molecule has 0 N–H and O–H groups in total. The lowest BCUT2D eigenvalue weighted by atomic mass is 10.2. The Bertz CT molecular complexity index is 199. The molecule has 0 saturated heterocycles. The SMILES string of the molecule is c1ccc2c(c1)CO[Si]2. The molecule has 0 atom stereocenters. The Morgan fingerprint density at radius 2 is 2.22 bits per heavy atom. The highest BCUT2D eigenvalue weighted by Gasteiger charge is 2.09. The highest BCUT2D eigenvalue weighted by molar-refractivity contribution is 6.48. The van der Waals surface area contributed by atoms with Crippen LogP contribution in [0.5, 0.6) is 0 Å². The zero-order valence-corrected chi connectivity index (χ0v) is 5.92. The first-order chi connectivity index (χ1) is 4.47. The van der Waals surface area contributed by atoms with E-state index in [4.69, 9.17) is 4.43 Å². The molecular weight excluding hydrogens is 128 g/mol. The number of benzene rings is 1. The average Bonchev–Trinajstić information content (AvgIpc) is 2.33. The van der Waals surface area contributed by atoms with Crippen molar-refractivity contribution in [2.24, 2.45) is 0 Å². The van der Waals surface area contributed by atoms with E-state index < -0.39 is 0 Å². The van der Waals surface area contributed by atoms with Crippen LogP contribution in [0, 0.1) is 0 Å². The topological polar surface area (TPSA) is 9.23 Å². The van der Waals surface area contributed by atoms with Crippen LogP contribution in [0.25, 0.3) is 0 Å². The third-order valence-electron chi connectivity index (χ3n) is 1.43. The van der Waals surface area contributed by atoms with Crippen LogP contribution in [0.2, 0.25) is 0 Å². The van der Waals surface area contributed by atoms with Gasteiger partial charge in [0.15, 0.2) is 0 Å². The first-order valence-corrected chi connectivity index (χ1v) is 3.83. The van der Waals surface area contributed by atoms with Gasteiger partial charge < -0.3 is 4.43 Å². The maximum absolute atomic E-state index is 5.24. The van der Waals surface area contributed by atoms with Crippen molar-refractivity contribution < 1.29 is 4.43 Å². The molecular formula is C7H6OSi. The number of fused-ring (bicyclic) bond motifs is 1. The highest BCUT2D eigenvalue weighted by Crippen LogP contribution is 2.02. The molecule has 1 aliphatic heterocycles. The lowest BCUT2D eigenvalue weighted by molar-refractivity contribution is 0.345. The fourth-order valence-electron chi connectivity index (χ4n) is 0.937. The minimum atomic E-state index is 0.580. The van der Waals surface area contributed by atoms with Gasteiger partial charge in [-0.2, -0.15) is 0 Å². The van der Waals surface area contributed by atoms with Crippen molar-refractivity contribution in [3.05, 3.63) is 29.8 Å². The molecule has 0 spiro atoms. The maximum atomic E-state index is 5.24. The van der Waals surface area contributed by atoms with E-state index in [1.807, 2.05) is 0 Å². The van der Waals surface area contributed by atoms with E-state index in [1.165, 1.54) is 10.8 Å². The van der Waals surface area contributed by atoms with Gasteiger partial charge in [0.05, 0.1) is 6.61 Å². The van der Waals surface area contributed by atoms with Gasteiger partial charge in [-0.25, -0.2) is 0 Å². The Hall–Kier alpha value is -0.603. The minimum absolute atomic E-state index is 0.580. The van der Waals surface area contributed by atoms with Gasteiger partial charge in [0, 0.05) is 0 Å². The van der Waals surface area contributed by atoms with Gasteiger partial charge in [-0.15, -0.1) is 0 Å². The quantitative estimate of drug-likeness (QED) is 0.468. The van der Waals surface area contributed by atoms with Crippen LogP contribution >= 0.6 is 0 Å². The Morgan fingerprint density at radius 3 is 3.11 bits per heavy atom. The number of hydrogen-bond acceptors (Lipinski definition) is 1. The summed E-state index contributed by atoms with van der Waals surface area (Å²) in [6.45, 7) is 0.814. The summed E-state index contributed by atoms with van der Waals surface area (Å²) in [7, 11) is 0.580. The second kappa shape index (κ2) is 1.97. The first kappa shape index (κ1) is 5.20. The van der Waals surface area contributed by atoms with Crippen LogP contribution in [-0.2, 0) is 11.0 Å². The van der Waals surface area contributed by atoms with E-state index in [9.17, 15) is 0 Å². The molecule has 0 unspecified atom stereocenters. The second-order valence-electron chi connectivity index (χ2n) is 2.05. The van der Waals surface area contributed by atoms with Crippen LogP contribution in [0.3, 0.4) is 0 Å². The van der Waals surface area contributed by atoms with Crippen LogP contribution in [0.1, 0.15) is 5.56 Å². The van der Waals surface area contributed by atoms with Crippen LogP contribution in [0.4, 0.5) is 0 Å². The normalized spacial score (nSPS) is 15.6. The molecule has 0 aliphatic carbocycles. The Balaban J connectivity index is 2.54. The first-order valence-electron chi connectivity index (χ1n) is 2.92. The van der Waals surface area contributed by atoms with Crippen LogP contribution in [0.15, 0.2) is 24.3 Å². The Kier molecular flexibility index (Phi) is 1.14. The summed E-state index contributed by atoms with van der Waals surface area (Å²) in [6, 6.07) is 8.36. The molecule has 0 fully saturated rings. The largest absolute Gasteiger partial charge is 0.407 e. The zero-order chi connectivity index (χ0) is 6.10. The van der Waals surface area contributed by atoms with E-state index in [2.05, 4.69) is 24.3 Å². The molecule has 1 aromatic rings. The third kappa shape index (κ3) is 0.801. The van der Waals surface area contributed by atoms with E-state index in [1.54, 1.807) is 0 Å². The molecule has 0 amide bonds. The molecule has 2 radical (unpaired) electrons. The van der Waals surface area contributed by atoms with Crippen LogP contribution < -0.4 is 5.19 Å². The molecule has 1 aromatic carbocycles. The fraction of sp³-hybridized carbons (Fsp3) is 0.143. The predicted octanol–water partition coefficient (Wildman–Crippen LogP) is 0.461. The van der Waals surface area contributed by atoms with Gasteiger partial charge in [-0.05, 0) is 10.8 Å². The lowest BCUT2D eigenvalue weighted by Gasteiger charge is -1.90. The van der Waals surface area contributed by atoms with E-state index in [0.717, 1.165) is 6.61 Å². The minimum Gasteiger partial charge on any atom is -0.407 e. The van der Waals surface area contributed by atoms with Gasteiger partial charge >= 0.3 is 0 Å². The molecule has 1 heterocycles. The van der Waals surface area contributed by atoms with Gasteiger partial charge in [0.25, 0.3) is 9.76 Å². The van der Waals surface area contributed by atoms with Crippen molar-refractivity contribution in [2.45, 2.75) is 6.61 Å². The van der Waals surface area contributed by atoms with Crippen molar-refractivity contribution in [3.8, 4) is 0 Å². The summed E-state index contributed by atoms with van der Waals surface area (Å²) in [6.07, 6.45) is 0. The molecule has 9 heavy (non-hydrogen) atoms. The van der Waals surface area contributed by atoms with E-state index >= 15 is 0 Å². The van der Waals surface area contributed by atoms with Gasteiger partial charge in [-0.1, -0.05) is 24.3 Å². The lowest BCUT2D eigenvalue weighted by Crippen LogP contribution is -2.09. The summed E-state index contributed by atoms with van der Waals surface area (Å²) < 4.78 is 5.24. The monoisotopic (exact) mass is 134 g/mol. The molecule has 0 aromatic heterocycles. The van der Waals surface area contributed by atoms with Gasteiger partial charge in [0.2, 0.25) is 0 Å². The third-order valence-corrected chi connectivity index (χ3v) is 2.42. The highest BCUT2D eigenvalue weighted by atomic mass is 28.2. The van der Waals surface area contributed by atoms with Gasteiger partial charge in [0.1, 0.15) is 0 Å². The summed E-state index contributed by atoms with van der Waals surface area (Å²) >= 11 is 0. The molecule has 1 aliphatic rings.